The van der Waals surface area contributed by atoms with Gasteiger partial charge in [0, 0.05) is 18.3 Å². The molecule has 1 aliphatic rings. The lowest BCUT2D eigenvalue weighted by Gasteiger charge is -2.38. The van der Waals surface area contributed by atoms with Crippen LogP contribution >= 0.6 is 0 Å². The molecule has 3 N–H and O–H groups in total. The molecule has 1 amide bonds. The molecule has 0 saturated heterocycles. The molecule has 0 bridgehead atoms. The van der Waals surface area contributed by atoms with Gasteiger partial charge < -0.3 is 29.9 Å². The Morgan fingerprint density at radius 1 is 1.25 bits per heavy atom. The number of halogens is 2. The molecule has 1 aliphatic heterocycles. The number of nitrogens with zero attached hydrogens (tertiary/aromatic N) is 1. The van der Waals surface area contributed by atoms with Crippen LogP contribution in [0.1, 0.15) is 57.0 Å². The molecule has 7 nitrogen and oxygen atoms in total. The number of benzene rings is 2. The monoisotopic (exact) mass is 504 g/mol. The number of aliphatic hydroxyl groups excluding tert-OH is 2. The molecule has 2 aromatic rings. The molecule has 0 fully saturated rings. The van der Waals surface area contributed by atoms with Crippen molar-refractivity contribution >= 4 is 11.6 Å². The van der Waals surface area contributed by atoms with Gasteiger partial charge in [-0.15, -0.1) is 0 Å². The fraction of sp³-hybridized carbons (Fsp3) is 0.444. The Morgan fingerprint density at radius 3 is 2.58 bits per heavy atom. The molecule has 0 spiro atoms. The smallest absolute Gasteiger partial charge is 0.387 e. The van der Waals surface area contributed by atoms with E-state index in [1.54, 1.807) is 30.2 Å². The van der Waals surface area contributed by atoms with Gasteiger partial charge in [0.15, 0.2) is 0 Å². The number of hydrogen-bond acceptors (Lipinski definition) is 6. The van der Waals surface area contributed by atoms with Crippen molar-refractivity contribution in [1.82, 2.24) is 4.90 Å². The molecule has 0 aromatic heterocycles. The van der Waals surface area contributed by atoms with E-state index in [4.69, 9.17) is 9.47 Å². The molecule has 3 rings (SSSR count). The first-order chi connectivity index (χ1) is 16.9. The summed E-state index contributed by atoms with van der Waals surface area (Å²) in [5, 5.41) is 22.9. The lowest BCUT2D eigenvalue weighted by molar-refractivity contribution is -0.133. The number of nitrogens with one attached hydrogen (secondary N) is 1. The number of methoxy groups -OCH3 is 1. The molecule has 36 heavy (non-hydrogen) atoms. The van der Waals surface area contributed by atoms with E-state index >= 15 is 0 Å². The van der Waals surface area contributed by atoms with E-state index in [-0.39, 0.29) is 23.8 Å². The van der Waals surface area contributed by atoms with Gasteiger partial charge in [0.25, 0.3) is 0 Å². The number of amides is 1. The number of alkyl halides is 2. The largest absolute Gasteiger partial charge is 0.512 e. The van der Waals surface area contributed by atoms with E-state index in [0.717, 1.165) is 11.1 Å². The van der Waals surface area contributed by atoms with Crippen molar-refractivity contribution in [3.63, 3.8) is 0 Å². The second kappa shape index (κ2) is 11.2. The maximum atomic E-state index is 13.2. The number of fused-ring (bicyclic) bond motifs is 1. The molecule has 2 unspecified atom stereocenters. The van der Waals surface area contributed by atoms with E-state index in [2.05, 4.69) is 5.32 Å². The first-order valence-corrected chi connectivity index (χ1v) is 11.8. The summed E-state index contributed by atoms with van der Waals surface area (Å²) in [5.74, 6) is 0.172. The molecule has 0 aliphatic carbocycles. The van der Waals surface area contributed by atoms with Gasteiger partial charge in [-0.2, -0.15) is 8.78 Å². The van der Waals surface area contributed by atoms with Crippen LogP contribution in [0, 0.1) is 0 Å². The minimum atomic E-state index is -2.98. The lowest BCUT2D eigenvalue weighted by atomic mass is 9.86. The third kappa shape index (κ3) is 6.66. The number of rotatable bonds is 8. The molecular formula is C27H34F2N2O5. The Kier molecular flexibility index (Phi) is 8.45. The number of ether oxygens (including phenoxy) is 2. The number of carbonyl (C=O) groups excluding carboxylic acids is 1. The van der Waals surface area contributed by atoms with Gasteiger partial charge in [-0.1, -0.05) is 32.9 Å². The number of hydrogen-bond donors (Lipinski definition) is 3. The predicted octanol–water partition coefficient (Wildman–Crippen LogP) is 5.30. The van der Waals surface area contributed by atoms with Crippen LogP contribution in [-0.2, 0) is 16.6 Å². The van der Waals surface area contributed by atoms with Crippen LogP contribution in [0.15, 0.2) is 48.2 Å². The van der Waals surface area contributed by atoms with Gasteiger partial charge in [0.05, 0.1) is 19.6 Å². The topological polar surface area (TPSA) is 91.3 Å². The zero-order valence-corrected chi connectivity index (χ0v) is 21.2. The number of carbonyl (C=O) groups is 1. The maximum Gasteiger partial charge on any atom is 0.387 e. The van der Waals surface area contributed by atoms with Crippen LogP contribution in [-0.4, -0.2) is 47.4 Å². The van der Waals surface area contributed by atoms with Crippen LogP contribution in [0.25, 0.3) is 0 Å². The highest BCUT2D eigenvalue weighted by Crippen LogP contribution is 2.38. The zero-order chi connectivity index (χ0) is 26.6. The molecular weight excluding hydrogens is 470 g/mol. The van der Waals surface area contributed by atoms with E-state index in [1.165, 1.54) is 19.1 Å². The summed E-state index contributed by atoms with van der Waals surface area (Å²) in [4.78, 5) is 14.8. The average molecular weight is 505 g/mol. The summed E-state index contributed by atoms with van der Waals surface area (Å²) in [6, 6.07) is 10.6. The Bertz CT molecular complexity index is 1110. The number of anilines is 1. The SMILES string of the molecule is COc1ccc2c(c1)CCN(C(=O)C/C(O)=C/C(C)O)C2Nc1ccc(C(C)(C)C)c(OC(F)F)c1. The first kappa shape index (κ1) is 27.3. The summed E-state index contributed by atoms with van der Waals surface area (Å²) in [7, 11) is 1.58. The third-order valence-corrected chi connectivity index (χ3v) is 5.97. The van der Waals surface area contributed by atoms with Crippen molar-refractivity contribution in [2.75, 3.05) is 19.0 Å². The maximum absolute atomic E-state index is 13.2. The molecule has 2 aromatic carbocycles. The summed E-state index contributed by atoms with van der Waals surface area (Å²) in [6.45, 7) is 4.59. The van der Waals surface area contributed by atoms with Crippen molar-refractivity contribution in [1.29, 1.82) is 0 Å². The standard InChI is InChI=1S/C27H34F2N2O5/c1-16(32)12-19(33)15-24(34)31-11-10-17-13-20(35-5)7-8-21(17)25(31)30-18-6-9-22(27(2,3)4)23(14-18)36-26(28)29/h6-9,12-14,16,25-26,30,32-33H,10-11,15H2,1-5H3/b19-12-. The second-order valence-electron chi connectivity index (χ2n) is 9.86. The van der Waals surface area contributed by atoms with E-state index in [1.807, 2.05) is 32.9 Å². The summed E-state index contributed by atoms with van der Waals surface area (Å²) >= 11 is 0. The van der Waals surface area contributed by atoms with Gasteiger partial charge in [-0.05, 0) is 59.7 Å². The molecule has 1 heterocycles. The normalized spacial score (nSPS) is 17.0. The van der Waals surface area contributed by atoms with Crippen LogP contribution in [0.2, 0.25) is 0 Å². The van der Waals surface area contributed by atoms with Gasteiger partial charge in [-0.25, -0.2) is 0 Å². The molecule has 0 saturated carbocycles. The minimum absolute atomic E-state index is 0.0589. The summed E-state index contributed by atoms with van der Waals surface area (Å²) < 4.78 is 36.5. The molecule has 196 valence electrons. The summed E-state index contributed by atoms with van der Waals surface area (Å²) in [5.41, 5.74) is 2.50. The van der Waals surface area contributed by atoms with E-state index < -0.39 is 24.3 Å². The van der Waals surface area contributed by atoms with Crippen LogP contribution in [0.5, 0.6) is 11.5 Å². The van der Waals surface area contributed by atoms with Gasteiger partial charge in [0.1, 0.15) is 23.4 Å². The van der Waals surface area contributed by atoms with Gasteiger partial charge >= 0.3 is 6.61 Å². The summed E-state index contributed by atoms with van der Waals surface area (Å²) in [6.07, 6.45) is -0.0261. The Balaban J connectivity index is 2.00. The highest BCUT2D eigenvalue weighted by Gasteiger charge is 2.32. The van der Waals surface area contributed by atoms with Gasteiger partial charge in [-0.3, -0.25) is 4.79 Å². The lowest BCUT2D eigenvalue weighted by Crippen LogP contribution is -2.43. The first-order valence-electron chi connectivity index (χ1n) is 11.8. The van der Waals surface area contributed by atoms with Crippen molar-refractivity contribution in [2.45, 2.75) is 64.8 Å². The van der Waals surface area contributed by atoms with Crippen molar-refractivity contribution in [2.24, 2.45) is 0 Å². The van der Waals surface area contributed by atoms with E-state index in [0.29, 0.717) is 30.0 Å². The fourth-order valence-electron chi connectivity index (χ4n) is 4.33. The average Bonchev–Trinajstić information content (AvgIpc) is 2.77. The second-order valence-corrected chi connectivity index (χ2v) is 9.86. The third-order valence-electron chi connectivity index (χ3n) is 5.97. The Labute approximate surface area is 210 Å². The van der Waals surface area contributed by atoms with E-state index in [9.17, 15) is 23.8 Å². The quantitative estimate of drug-likeness (QED) is 0.423. The predicted molar refractivity (Wildman–Crippen MR) is 134 cm³/mol. The zero-order valence-electron chi connectivity index (χ0n) is 21.2. The highest BCUT2D eigenvalue weighted by atomic mass is 19.3. The molecule has 9 heteroatoms. The number of aliphatic hydroxyl groups is 2. The molecule has 0 radical (unpaired) electrons. The molecule has 2 atom stereocenters. The van der Waals surface area contributed by atoms with Crippen molar-refractivity contribution in [3.8, 4) is 11.5 Å². The van der Waals surface area contributed by atoms with Crippen molar-refractivity contribution < 1.29 is 33.3 Å². The van der Waals surface area contributed by atoms with Crippen LogP contribution < -0.4 is 14.8 Å². The van der Waals surface area contributed by atoms with Crippen LogP contribution in [0.3, 0.4) is 0 Å². The minimum Gasteiger partial charge on any atom is -0.512 e. The fourth-order valence-corrected chi connectivity index (χ4v) is 4.33. The highest BCUT2D eigenvalue weighted by molar-refractivity contribution is 5.79. The Hall–Kier alpha value is -3.33. The van der Waals surface area contributed by atoms with Crippen molar-refractivity contribution in [3.05, 3.63) is 64.9 Å². The van der Waals surface area contributed by atoms with Crippen LogP contribution in [0.4, 0.5) is 14.5 Å². The Morgan fingerprint density at radius 2 is 1.97 bits per heavy atom. The van der Waals surface area contributed by atoms with Gasteiger partial charge in [0.2, 0.25) is 5.91 Å².